The Hall–Kier alpha value is -0.420. The van der Waals surface area contributed by atoms with E-state index in [1.165, 1.54) is 0 Å². The Balaban J connectivity index is 3.13. The van der Waals surface area contributed by atoms with Crippen LogP contribution in [0.2, 0.25) is 0 Å². The van der Waals surface area contributed by atoms with Crippen molar-refractivity contribution in [2.24, 2.45) is 0 Å². The van der Waals surface area contributed by atoms with E-state index in [1.54, 1.807) is 0 Å². The summed E-state index contributed by atoms with van der Waals surface area (Å²) in [4.78, 5) is 9.92. The van der Waals surface area contributed by atoms with Gasteiger partial charge < -0.3 is 4.79 Å². The highest BCUT2D eigenvalue weighted by Gasteiger charge is 1.99. The third kappa shape index (κ3) is 11.6. The third-order valence-electron chi connectivity index (χ3n) is 1.51. The number of hydrogen-bond donors (Lipinski definition) is 0. The quantitative estimate of drug-likeness (QED) is 0.340. The summed E-state index contributed by atoms with van der Waals surface area (Å²) in [6, 6.07) is 0. The summed E-state index contributed by atoms with van der Waals surface area (Å²) < 4.78 is 25.5. The highest BCUT2D eigenvalue weighted by atomic mass is 32.2. The van der Waals surface area contributed by atoms with Crippen LogP contribution in [-0.4, -0.2) is 27.6 Å². The van der Waals surface area contributed by atoms with Gasteiger partial charge in [0.1, 0.15) is 6.29 Å². The molecule has 0 fully saturated rings. The van der Waals surface area contributed by atoms with Crippen LogP contribution in [0, 0.1) is 0 Å². The minimum atomic E-state index is -3.28. The van der Waals surface area contributed by atoms with E-state index in [1.807, 2.05) is 0 Å². The molecule has 0 heterocycles. The second-order valence-electron chi connectivity index (χ2n) is 2.90. The molecule has 0 aliphatic heterocycles. The molecule has 5 heteroatoms. The maximum atomic E-state index is 10.5. The van der Waals surface area contributed by atoms with Gasteiger partial charge in [0.2, 0.25) is 0 Å². The van der Waals surface area contributed by atoms with Gasteiger partial charge in [-0.2, -0.15) is 8.42 Å². The van der Waals surface area contributed by atoms with Crippen molar-refractivity contribution in [3.63, 3.8) is 0 Å². The van der Waals surface area contributed by atoms with Crippen LogP contribution in [0.25, 0.3) is 0 Å². The van der Waals surface area contributed by atoms with Crippen LogP contribution in [-0.2, 0) is 19.1 Å². The molecule has 0 saturated carbocycles. The number of carbonyl (C=O) groups excluding carboxylic acids is 1. The molecule has 0 aliphatic carbocycles. The molecule has 0 unspecified atom stereocenters. The number of unbranched alkanes of at least 4 members (excludes halogenated alkanes) is 4. The van der Waals surface area contributed by atoms with E-state index >= 15 is 0 Å². The molecular formula is C8H16O4S. The van der Waals surface area contributed by atoms with Gasteiger partial charge in [0, 0.05) is 6.42 Å². The SMILES string of the molecule is CS(=O)(=O)OCCCCCCC=O. The van der Waals surface area contributed by atoms with E-state index < -0.39 is 10.1 Å². The molecule has 0 aromatic heterocycles. The van der Waals surface area contributed by atoms with E-state index in [4.69, 9.17) is 0 Å². The van der Waals surface area contributed by atoms with Crippen LogP contribution in [0.4, 0.5) is 0 Å². The first-order chi connectivity index (χ1) is 6.06. The molecule has 0 radical (unpaired) electrons. The van der Waals surface area contributed by atoms with Gasteiger partial charge in [-0.3, -0.25) is 4.18 Å². The summed E-state index contributed by atoms with van der Waals surface area (Å²) in [5, 5.41) is 0. The van der Waals surface area contributed by atoms with Crippen LogP contribution in [0.15, 0.2) is 0 Å². The fourth-order valence-corrected chi connectivity index (χ4v) is 1.31. The van der Waals surface area contributed by atoms with Gasteiger partial charge >= 0.3 is 0 Å². The minimum Gasteiger partial charge on any atom is -0.303 e. The zero-order valence-corrected chi connectivity index (χ0v) is 8.68. The van der Waals surface area contributed by atoms with Crippen molar-refractivity contribution in [1.29, 1.82) is 0 Å². The normalized spacial score (nSPS) is 11.5. The van der Waals surface area contributed by atoms with Crippen LogP contribution >= 0.6 is 0 Å². The van der Waals surface area contributed by atoms with Crippen molar-refractivity contribution >= 4 is 16.4 Å². The first-order valence-corrected chi connectivity index (χ1v) is 6.16. The van der Waals surface area contributed by atoms with Crippen molar-refractivity contribution < 1.29 is 17.4 Å². The molecule has 4 nitrogen and oxygen atoms in total. The number of carbonyl (C=O) groups is 1. The smallest absolute Gasteiger partial charge is 0.264 e. The zero-order chi connectivity index (χ0) is 10.2. The molecule has 0 saturated heterocycles. The molecule has 13 heavy (non-hydrogen) atoms. The summed E-state index contributed by atoms with van der Waals surface area (Å²) in [6.45, 7) is 0.250. The average Bonchev–Trinajstić information content (AvgIpc) is 2.01. The largest absolute Gasteiger partial charge is 0.303 e. The highest BCUT2D eigenvalue weighted by molar-refractivity contribution is 7.85. The van der Waals surface area contributed by atoms with Crippen molar-refractivity contribution in [1.82, 2.24) is 0 Å². The van der Waals surface area contributed by atoms with Gasteiger partial charge in [-0.1, -0.05) is 12.8 Å². The van der Waals surface area contributed by atoms with Gasteiger partial charge in [0.25, 0.3) is 10.1 Å². The lowest BCUT2D eigenvalue weighted by molar-refractivity contribution is -0.107. The summed E-state index contributed by atoms with van der Waals surface area (Å²) in [5.41, 5.74) is 0. The van der Waals surface area contributed by atoms with Gasteiger partial charge in [-0.25, -0.2) is 0 Å². The number of aldehydes is 1. The molecule has 0 atom stereocenters. The first kappa shape index (κ1) is 12.6. The predicted molar refractivity (Wildman–Crippen MR) is 49.9 cm³/mol. The molecule has 78 valence electrons. The Kier molecular flexibility index (Phi) is 6.80. The second-order valence-corrected chi connectivity index (χ2v) is 4.54. The Labute approximate surface area is 79.4 Å². The van der Waals surface area contributed by atoms with Crippen molar-refractivity contribution in [3.8, 4) is 0 Å². The zero-order valence-electron chi connectivity index (χ0n) is 7.86. The van der Waals surface area contributed by atoms with Crippen LogP contribution in [0.1, 0.15) is 32.1 Å². The number of hydrogen-bond acceptors (Lipinski definition) is 4. The van der Waals surface area contributed by atoms with Crippen LogP contribution in [0.5, 0.6) is 0 Å². The predicted octanol–water partition coefficient (Wildman–Crippen LogP) is 1.11. The Morgan fingerprint density at radius 2 is 1.77 bits per heavy atom. The molecular weight excluding hydrogens is 192 g/mol. The van der Waals surface area contributed by atoms with E-state index in [2.05, 4.69) is 4.18 Å². The third-order valence-corrected chi connectivity index (χ3v) is 2.11. The molecule has 0 aromatic carbocycles. The topological polar surface area (TPSA) is 60.4 Å². The van der Waals surface area contributed by atoms with Crippen LogP contribution in [0.3, 0.4) is 0 Å². The first-order valence-electron chi connectivity index (χ1n) is 4.34. The maximum absolute atomic E-state index is 10.5. The summed E-state index contributed by atoms with van der Waals surface area (Å²) in [7, 11) is -3.28. The van der Waals surface area contributed by atoms with Gasteiger partial charge in [0.15, 0.2) is 0 Å². The fourth-order valence-electron chi connectivity index (χ4n) is 0.894. The van der Waals surface area contributed by atoms with Crippen molar-refractivity contribution in [3.05, 3.63) is 0 Å². The molecule has 0 N–H and O–H groups in total. The molecule has 0 rings (SSSR count). The van der Waals surface area contributed by atoms with Gasteiger partial charge in [-0.15, -0.1) is 0 Å². The average molecular weight is 208 g/mol. The lowest BCUT2D eigenvalue weighted by Crippen LogP contribution is -2.03. The summed E-state index contributed by atoms with van der Waals surface area (Å²) >= 11 is 0. The Morgan fingerprint density at radius 3 is 2.31 bits per heavy atom. The van der Waals surface area contributed by atoms with E-state index in [0.29, 0.717) is 6.42 Å². The molecule has 0 bridgehead atoms. The molecule has 0 aliphatic rings. The van der Waals surface area contributed by atoms with E-state index in [9.17, 15) is 13.2 Å². The molecule has 0 aromatic rings. The Bertz CT molecular complexity index is 220. The Morgan fingerprint density at radius 1 is 1.15 bits per heavy atom. The lowest BCUT2D eigenvalue weighted by atomic mass is 10.2. The van der Waals surface area contributed by atoms with Crippen molar-refractivity contribution in [2.45, 2.75) is 32.1 Å². The standard InChI is InChI=1S/C8H16O4S/c1-13(10,11)12-8-6-4-2-3-5-7-9/h7H,2-6,8H2,1H3. The number of rotatable bonds is 8. The summed E-state index contributed by atoms with van der Waals surface area (Å²) in [5.74, 6) is 0. The van der Waals surface area contributed by atoms with Gasteiger partial charge in [-0.05, 0) is 12.8 Å². The second kappa shape index (κ2) is 7.03. The fraction of sp³-hybridized carbons (Fsp3) is 0.875. The van der Waals surface area contributed by atoms with E-state index in [-0.39, 0.29) is 6.61 Å². The maximum Gasteiger partial charge on any atom is 0.264 e. The van der Waals surface area contributed by atoms with E-state index in [0.717, 1.165) is 38.2 Å². The van der Waals surface area contributed by atoms with Crippen LogP contribution < -0.4 is 0 Å². The van der Waals surface area contributed by atoms with Gasteiger partial charge in [0.05, 0.1) is 12.9 Å². The highest BCUT2D eigenvalue weighted by Crippen LogP contribution is 2.02. The minimum absolute atomic E-state index is 0.250. The van der Waals surface area contributed by atoms with Crippen molar-refractivity contribution in [2.75, 3.05) is 12.9 Å². The molecule has 0 amide bonds. The molecule has 0 spiro atoms. The lowest BCUT2D eigenvalue weighted by Gasteiger charge is -2.00. The monoisotopic (exact) mass is 208 g/mol. The summed E-state index contributed by atoms with van der Waals surface area (Å²) in [6.07, 6.45) is 5.99.